The van der Waals surface area contributed by atoms with E-state index in [9.17, 15) is 5.11 Å². The Morgan fingerprint density at radius 3 is 3.07 bits per heavy atom. The second-order valence-electron chi connectivity index (χ2n) is 3.36. The predicted molar refractivity (Wildman–Crippen MR) is 51.9 cm³/mol. The van der Waals surface area contributed by atoms with Crippen molar-refractivity contribution in [2.75, 3.05) is 0 Å². The Bertz CT molecular complexity index is 381. The van der Waals surface area contributed by atoms with Gasteiger partial charge in [0.05, 0.1) is 23.8 Å². The molecule has 0 bridgehead atoms. The van der Waals surface area contributed by atoms with E-state index >= 15 is 0 Å². The molecule has 2 aromatic rings. The minimum Gasteiger partial charge on any atom is -0.472 e. The van der Waals surface area contributed by atoms with Gasteiger partial charge in [0.1, 0.15) is 0 Å². The molecule has 0 aliphatic heterocycles. The molecule has 5 heteroatoms. The quantitative estimate of drug-likeness (QED) is 0.835. The highest BCUT2D eigenvalue weighted by Crippen LogP contribution is 2.24. The fourth-order valence-electron chi connectivity index (χ4n) is 1.29. The van der Waals surface area contributed by atoms with E-state index in [4.69, 9.17) is 4.42 Å². The molecule has 74 valence electrons. The van der Waals surface area contributed by atoms with Gasteiger partial charge in [0, 0.05) is 17.4 Å². The Balaban J connectivity index is 2.17. The van der Waals surface area contributed by atoms with Crippen LogP contribution in [0.15, 0.2) is 28.4 Å². The topological polar surface area (TPSA) is 59.2 Å². The van der Waals surface area contributed by atoms with Crippen molar-refractivity contribution in [3.63, 3.8) is 0 Å². The summed E-state index contributed by atoms with van der Waals surface area (Å²) in [5.74, 6) is 0. The minimum atomic E-state index is -0.942. The fraction of sp³-hybridized carbons (Fsp3) is 0.333. The van der Waals surface area contributed by atoms with E-state index in [1.54, 1.807) is 25.5 Å². The molecule has 1 unspecified atom stereocenters. The standard InChI is InChI=1S/C9H10N2O2S/c1-9(12,7-2-3-13-5-7)4-8-6-14-11-10-8/h2-3,5-6,12H,4H2,1H3. The molecule has 0 saturated carbocycles. The van der Waals surface area contributed by atoms with Gasteiger partial charge in [0.15, 0.2) is 0 Å². The molecule has 0 aliphatic carbocycles. The van der Waals surface area contributed by atoms with E-state index in [1.165, 1.54) is 11.5 Å². The second-order valence-corrected chi connectivity index (χ2v) is 3.97. The van der Waals surface area contributed by atoms with Crippen LogP contribution in [0.25, 0.3) is 0 Å². The predicted octanol–water partition coefficient (Wildman–Crippen LogP) is 1.58. The highest BCUT2D eigenvalue weighted by atomic mass is 32.1. The summed E-state index contributed by atoms with van der Waals surface area (Å²) < 4.78 is 8.67. The summed E-state index contributed by atoms with van der Waals surface area (Å²) in [4.78, 5) is 0. The van der Waals surface area contributed by atoms with E-state index in [-0.39, 0.29) is 0 Å². The van der Waals surface area contributed by atoms with E-state index in [1.807, 2.05) is 5.38 Å². The van der Waals surface area contributed by atoms with Crippen LogP contribution in [0.3, 0.4) is 0 Å². The summed E-state index contributed by atoms with van der Waals surface area (Å²) in [6.07, 6.45) is 3.53. The maximum absolute atomic E-state index is 10.1. The normalized spacial score (nSPS) is 15.3. The van der Waals surface area contributed by atoms with Gasteiger partial charge in [-0.05, 0) is 24.5 Å². The third-order valence-corrected chi connectivity index (χ3v) is 2.63. The number of rotatable bonds is 3. The Hall–Kier alpha value is -1.20. The molecule has 1 N–H and O–H groups in total. The Kier molecular flexibility index (Phi) is 2.35. The molecule has 4 nitrogen and oxygen atoms in total. The Morgan fingerprint density at radius 1 is 1.64 bits per heavy atom. The van der Waals surface area contributed by atoms with Crippen molar-refractivity contribution in [3.8, 4) is 0 Å². The molecule has 0 saturated heterocycles. The van der Waals surface area contributed by atoms with Gasteiger partial charge < -0.3 is 9.52 Å². The first-order valence-corrected chi connectivity index (χ1v) is 5.03. The molecular weight excluding hydrogens is 200 g/mol. The first-order valence-electron chi connectivity index (χ1n) is 4.19. The van der Waals surface area contributed by atoms with Crippen LogP contribution in [-0.2, 0) is 12.0 Å². The monoisotopic (exact) mass is 210 g/mol. The van der Waals surface area contributed by atoms with E-state index in [0.29, 0.717) is 6.42 Å². The molecule has 14 heavy (non-hydrogen) atoms. The smallest absolute Gasteiger partial charge is 0.0963 e. The van der Waals surface area contributed by atoms with E-state index in [2.05, 4.69) is 9.59 Å². The van der Waals surface area contributed by atoms with Crippen molar-refractivity contribution in [3.05, 3.63) is 35.2 Å². The lowest BCUT2D eigenvalue weighted by Crippen LogP contribution is -2.23. The number of hydrogen-bond acceptors (Lipinski definition) is 5. The molecule has 0 spiro atoms. The SMILES string of the molecule is CC(O)(Cc1csnn1)c1ccoc1. The van der Waals surface area contributed by atoms with Gasteiger partial charge in [-0.15, -0.1) is 5.10 Å². The third kappa shape index (κ3) is 1.83. The molecule has 0 aromatic carbocycles. The number of aromatic nitrogens is 2. The highest BCUT2D eigenvalue weighted by molar-refractivity contribution is 7.03. The summed E-state index contributed by atoms with van der Waals surface area (Å²) in [7, 11) is 0. The van der Waals surface area contributed by atoms with Gasteiger partial charge in [0.2, 0.25) is 0 Å². The molecule has 2 aromatic heterocycles. The number of furan rings is 1. The molecular formula is C9H10N2O2S. The Morgan fingerprint density at radius 2 is 2.50 bits per heavy atom. The van der Waals surface area contributed by atoms with Crippen molar-refractivity contribution >= 4 is 11.5 Å². The number of hydrogen-bond donors (Lipinski definition) is 1. The fourth-order valence-corrected chi connectivity index (χ4v) is 1.74. The molecule has 2 heterocycles. The van der Waals surface area contributed by atoms with Gasteiger partial charge in [-0.1, -0.05) is 4.49 Å². The number of nitrogens with zero attached hydrogens (tertiary/aromatic N) is 2. The van der Waals surface area contributed by atoms with Gasteiger partial charge in [-0.3, -0.25) is 0 Å². The molecule has 1 atom stereocenters. The van der Waals surface area contributed by atoms with Crippen LogP contribution in [0.5, 0.6) is 0 Å². The molecule has 0 amide bonds. The first kappa shape index (κ1) is 9.36. The van der Waals surface area contributed by atoms with Crippen molar-refractivity contribution in [2.24, 2.45) is 0 Å². The van der Waals surface area contributed by atoms with Crippen LogP contribution < -0.4 is 0 Å². The van der Waals surface area contributed by atoms with Crippen LogP contribution in [0.2, 0.25) is 0 Å². The summed E-state index contributed by atoms with van der Waals surface area (Å²) in [6.45, 7) is 1.73. The van der Waals surface area contributed by atoms with Crippen LogP contribution in [0, 0.1) is 0 Å². The van der Waals surface area contributed by atoms with Crippen LogP contribution in [0.1, 0.15) is 18.2 Å². The Labute approximate surface area is 85.4 Å². The van der Waals surface area contributed by atoms with Gasteiger partial charge in [-0.2, -0.15) is 0 Å². The second kappa shape index (κ2) is 3.51. The third-order valence-electron chi connectivity index (χ3n) is 2.07. The molecule has 0 aliphatic rings. The lowest BCUT2D eigenvalue weighted by molar-refractivity contribution is 0.0559. The van der Waals surface area contributed by atoms with Crippen LogP contribution in [-0.4, -0.2) is 14.7 Å². The maximum Gasteiger partial charge on any atom is 0.0963 e. The summed E-state index contributed by atoms with van der Waals surface area (Å²) in [5, 5.41) is 15.8. The van der Waals surface area contributed by atoms with Gasteiger partial charge in [-0.25, -0.2) is 0 Å². The zero-order valence-electron chi connectivity index (χ0n) is 7.67. The minimum absolute atomic E-state index is 0.447. The highest BCUT2D eigenvalue weighted by Gasteiger charge is 2.25. The zero-order valence-corrected chi connectivity index (χ0v) is 8.49. The van der Waals surface area contributed by atoms with Gasteiger partial charge >= 0.3 is 0 Å². The van der Waals surface area contributed by atoms with E-state index in [0.717, 1.165) is 11.3 Å². The average Bonchev–Trinajstić information content (AvgIpc) is 2.71. The lowest BCUT2D eigenvalue weighted by atomic mass is 9.94. The van der Waals surface area contributed by atoms with E-state index < -0.39 is 5.60 Å². The molecule has 0 radical (unpaired) electrons. The average molecular weight is 210 g/mol. The molecule has 0 fully saturated rings. The zero-order chi connectivity index (χ0) is 10.0. The summed E-state index contributed by atoms with van der Waals surface area (Å²) in [6, 6.07) is 1.75. The van der Waals surface area contributed by atoms with Crippen molar-refractivity contribution in [2.45, 2.75) is 18.9 Å². The van der Waals surface area contributed by atoms with Crippen LogP contribution >= 0.6 is 11.5 Å². The van der Waals surface area contributed by atoms with Crippen LogP contribution in [0.4, 0.5) is 0 Å². The maximum atomic E-state index is 10.1. The van der Waals surface area contributed by atoms with Crippen molar-refractivity contribution < 1.29 is 9.52 Å². The lowest BCUT2D eigenvalue weighted by Gasteiger charge is -2.19. The summed E-state index contributed by atoms with van der Waals surface area (Å²) in [5.41, 5.74) is 0.606. The van der Waals surface area contributed by atoms with Crippen molar-refractivity contribution in [1.82, 2.24) is 9.59 Å². The number of aliphatic hydroxyl groups is 1. The molecule has 2 rings (SSSR count). The summed E-state index contributed by atoms with van der Waals surface area (Å²) >= 11 is 1.28. The largest absolute Gasteiger partial charge is 0.472 e. The van der Waals surface area contributed by atoms with Gasteiger partial charge in [0.25, 0.3) is 0 Å². The van der Waals surface area contributed by atoms with Crippen molar-refractivity contribution in [1.29, 1.82) is 0 Å². The first-order chi connectivity index (χ1) is 6.68.